The van der Waals surface area contributed by atoms with Crippen molar-refractivity contribution in [3.8, 4) is 5.75 Å². The molecular weight excluding hydrogens is 523 g/mol. The van der Waals surface area contributed by atoms with Crippen molar-refractivity contribution in [2.24, 2.45) is 5.10 Å². The van der Waals surface area contributed by atoms with Gasteiger partial charge < -0.3 is 4.74 Å². The number of halogens is 4. The van der Waals surface area contributed by atoms with Crippen LogP contribution < -0.4 is 10.2 Å². The van der Waals surface area contributed by atoms with E-state index < -0.39 is 45.5 Å². The summed E-state index contributed by atoms with van der Waals surface area (Å²) in [6.07, 6.45) is -3.68. The Morgan fingerprint density at radius 1 is 1.03 bits per heavy atom. The number of nitrogens with zero attached hydrogens (tertiary/aromatic N) is 2. The van der Waals surface area contributed by atoms with Crippen LogP contribution in [-0.2, 0) is 6.18 Å². The Bertz CT molecular complexity index is 1280. The second-order valence-electron chi connectivity index (χ2n) is 6.63. The molecule has 8 nitrogen and oxygen atoms in total. The molecule has 0 aliphatic heterocycles. The lowest BCUT2D eigenvalue weighted by Crippen LogP contribution is -2.17. The molecule has 0 atom stereocenters. The first kappa shape index (κ1) is 24.6. The number of hydrogen-bond donors (Lipinski definition) is 1. The zero-order valence-electron chi connectivity index (χ0n) is 16.9. The highest BCUT2D eigenvalue weighted by Crippen LogP contribution is 2.32. The molecule has 0 saturated heterocycles. The molecule has 3 aromatic carbocycles. The SMILES string of the molecule is O=C(N/N=C/c1cccc([N+](=O)[O-])c1OC(=O)c1cccc(C(F)(F)F)c1)c1ccc(Br)cc1. The summed E-state index contributed by atoms with van der Waals surface area (Å²) in [7, 11) is 0. The highest BCUT2D eigenvalue weighted by Gasteiger charge is 2.31. The summed E-state index contributed by atoms with van der Waals surface area (Å²) in [5.41, 5.74) is 0.293. The number of carbonyl (C=O) groups excluding carboxylic acids is 2. The summed E-state index contributed by atoms with van der Waals surface area (Å²) in [5, 5.41) is 15.1. The first-order valence-electron chi connectivity index (χ1n) is 9.32. The highest BCUT2D eigenvalue weighted by atomic mass is 79.9. The van der Waals surface area contributed by atoms with E-state index in [0.29, 0.717) is 6.07 Å². The van der Waals surface area contributed by atoms with Gasteiger partial charge in [0.1, 0.15) is 0 Å². The van der Waals surface area contributed by atoms with Crippen LogP contribution in [0, 0.1) is 10.1 Å². The number of nitrogens with one attached hydrogen (secondary N) is 1. The summed E-state index contributed by atoms with van der Waals surface area (Å²) >= 11 is 3.24. The van der Waals surface area contributed by atoms with Gasteiger partial charge in [-0.05, 0) is 48.5 Å². The number of ether oxygens (including phenoxy) is 1. The van der Waals surface area contributed by atoms with Crippen LogP contribution in [0.25, 0.3) is 0 Å². The largest absolute Gasteiger partial charge is 0.416 e. The van der Waals surface area contributed by atoms with E-state index in [1.807, 2.05) is 0 Å². The molecule has 3 aromatic rings. The third-order valence-corrected chi connectivity index (χ3v) is 4.85. The maximum atomic E-state index is 12.9. The van der Waals surface area contributed by atoms with Gasteiger partial charge in [0.2, 0.25) is 5.75 Å². The first-order chi connectivity index (χ1) is 16.1. The van der Waals surface area contributed by atoms with Crippen LogP contribution >= 0.6 is 15.9 Å². The Balaban J connectivity index is 1.86. The summed E-state index contributed by atoms with van der Waals surface area (Å²) in [6.45, 7) is 0. The lowest BCUT2D eigenvalue weighted by atomic mass is 10.1. The van der Waals surface area contributed by atoms with Gasteiger partial charge in [-0.1, -0.05) is 28.1 Å². The molecule has 1 N–H and O–H groups in total. The van der Waals surface area contributed by atoms with Crippen molar-refractivity contribution in [2.75, 3.05) is 0 Å². The van der Waals surface area contributed by atoms with Crippen LogP contribution in [0.1, 0.15) is 31.8 Å². The van der Waals surface area contributed by atoms with Gasteiger partial charge >= 0.3 is 17.8 Å². The maximum absolute atomic E-state index is 12.9. The Hall–Kier alpha value is -4.06. The van der Waals surface area contributed by atoms with E-state index in [2.05, 4.69) is 26.5 Å². The topological polar surface area (TPSA) is 111 Å². The van der Waals surface area contributed by atoms with E-state index in [-0.39, 0.29) is 11.1 Å². The Morgan fingerprint density at radius 3 is 2.35 bits per heavy atom. The molecule has 0 saturated carbocycles. The summed E-state index contributed by atoms with van der Waals surface area (Å²) < 4.78 is 44.7. The fourth-order valence-electron chi connectivity index (χ4n) is 2.70. The number of amides is 1. The monoisotopic (exact) mass is 535 g/mol. The van der Waals surface area contributed by atoms with Crippen LogP contribution in [0.4, 0.5) is 18.9 Å². The van der Waals surface area contributed by atoms with Crippen molar-refractivity contribution in [3.05, 3.63) is 104 Å². The van der Waals surface area contributed by atoms with E-state index >= 15 is 0 Å². The standard InChI is InChI=1S/C22H13BrF3N3O5/c23-17-9-7-13(8-10-17)20(30)28-27-12-15-4-2-6-18(29(32)33)19(15)34-21(31)14-3-1-5-16(11-14)22(24,25)26/h1-12H,(H,28,30)/b27-12+. The number of esters is 1. The van der Waals surface area contributed by atoms with Crippen LogP contribution in [0.2, 0.25) is 0 Å². The molecule has 3 rings (SSSR count). The molecule has 0 unspecified atom stereocenters. The first-order valence-corrected chi connectivity index (χ1v) is 10.1. The number of hydrogen-bond acceptors (Lipinski definition) is 6. The van der Waals surface area contributed by atoms with Crippen LogP contribution in [0.5, 0.6) is 5.75 Å². The van der Waals surface area contributed by atoms with Crippen molar-refractivity contribution in [1.82, 2.24) is 5.43 Å². The van der Waals surface area contributed by atoms with Crippen LogP contribution in [0.15, 0.2) is 76.3 Å². The van der Waals surface area contributed by atoms with E-state index in [1.54, 1.807) is 12.1 Å². The van der Waals surface area contributed by atoms with Crippen molar-refractivity contribution in [2.45, 2.75) is 6.18 Å². The number of benzene rings is 3. The van der Waals surface area contributed by atoms with E-state index in [0.717, 1.165) is 35.0 Å². The zero-order chi connectivity index (χ0) is 24.9. The molecule has 1 amide bonds. The highest BCUT2D eigenvalue weighted by molar-refractivity contribution is 9.10. The summed E-state index contributed by atoms with van der Waals surface area (Å²) in [6, 6.07) is 13.4. The van der Waals surface area contributed by atoms with Gasteiger partial charge in [-0.3, -0.25) is 14.9 Å². The molecule has 0 bridgehead atoms. The van der Waals surface area contributed by atoms with Gasteiger partial charge in [0.15, 0.2) is 0 Å². The third-order valence-electron chi connectivity index (χ3n) is 4.32. The minimum absolute atomic E-state index is 0.0642. The van der Waals surface area contributed by atoms with Crippen LogP contribution in [0.3, 0.4) is 0 Å². The second kappa shape index (κ2) is 10.3. The molecular formula is C22H13BrF3N3O5. The number of nitro groups is 1. The predicted octanol–water partition coefficient (Wildman–Crippen LogP) is 5.36. The minimum Gasteiger partial charge on any atom is -0.415 e. The maximum Gasteiger partial charge on any atom is 0.416 e. The molecule has 0 fully saturated rings. The molecule has 12 heteroatoms. The normalized spacial score (nSPS) is 11.3. The minimum atomic E-state index is -4.69. The zero-order valence-corrected chi connectivity index (χ0v) is 18.5. The van der Waals surface area contributed by atoms with E-state index in [4.69, 9.17) is 4.74 Å². The molecule has 0 aliphatic rings. The molecule has 0 spiro atoms. The van der Waals surface area contributed by atoms with Crippen molar-refractivity contribution >= 4 is 39.7 Å². The molecule has 0 aliphatic carbocycles. The second-order valence-corrected chi connectivity index (χ2v) is 7.54. The summed E-state index contributed by atoms with van der Waals surface area (Å²) in [4.78, 5) is 35.2. The number of rotatable bonds is 6. The average Bonchev–Trinajstić information content (AvgIpc) is 2.79. The lowest BCUT2D eigenvalue weighted by molar-refractivity contribution is -0.385. The van der Waals surface area contributed by atoms with Gasteiger partial charge in [-0.2, -0.15) is 18.3 Å². The van der Waals surface area contributed by atoms with Gasteiger partial charge in [-0.25, -0.2) is 10.2 Å². The third kappa shape index (κ3) is 6.04. The van der Waals surface area contributed by atoms with Crippen molar-refractivity contribution in [1.29, 1.82) is 0 Å². The number of nitro benzene ring substituents is 1. The number of carbonyl (C=O) groups is 2. The number of para-hydroxylation sites is 1. The fourth-order valence-corrected chi connectivity index (χ4v) is 2.96. The predicted molar refractivity (Wildman–Crippen MR) is 119 cm³/mol. The number of hydrazone groups is 1. The smallest absolute Gasteiger partial charge is 0.415 e. The summed E-state index contributed by atoms with van der Waals surface area (Å²) in [5.74, 6) is -2.36. The van der Waals surface area contributed by atoms with E-state index in [1.165, 1.54) is 24.3 Å². The molecule has 0 radical (unpaired) electrons. The van der Waals surface area contributed by atoms with Crippen molar-refractivity contribution < 1.29 is 32.4 Å². The fraction of sp³-hybridized carbons (Fsp3) is 0.0455. The van der Waals surface area contributed by atoms with Gasteiger partial charge in [0, 0.05) is 21.7 Å². The Labute approximate surface area is 198 Å². The van der Waals surface area contributed by atoms with Gasteiger partial charge in [0.25, 0.3) is 5.91 Å². The van der Waals surface area contributed by atoms with E-state index in [9.17, 15) is 32.9 Å². The quantitative estimate of drug-likeness (QED) is 0.150. The Morgan fingerprint density at radius 2 is 1.71 bits per heavy atom. The lowest BCUT2D eigenvalue weighted by Gasteiger charge is -2.10. The van der Waals surface area contributed by atoms with Gasteiger partial charge in [0.05, 0.1) is 22.3 Å². The molecule has 0 heterocycles. The average molecular weight is 536 g/mol. The Kier molecular flexibility index (Phi) is 7.41. The number of alkyl halides is 3. The van der Waals surface area contributed by atoms with Gasteiger partial charge in [-0.15, -0.1) is 0 Å². The molecule has 34 heavy (non-hydrogen) atoms. The van der Waals surface area contributed by atoms with Crippen molar-refractivity contribution in [3.63, 3.8) is 0 Å². The molecule has 174 valence electrons. The van der Waals surface area contributed by atoms with Crippen LogP contribution in [-0.4, -0.2) is 23.0 Å². The molecule has 0 aromatic heterocycles.